The predicted molar refractivity (Wildman–Crippen MR) is 83.1 cm³/mol. The number of anilines is 3. The lowest BCUT2D eigenvalue weighted by Crippen LogP contribution is -2.01. The average Bonchev–Trinajstić information content (AvgIpc) is 2.93. The molecule has 3 heterocycles. The lowest BCUT2D eigenvalue weighted by molar-refractivity contribution is 1.15. The van der Waals surface area contributed by atoms with E-state index in [4.69, 9.17) is 11.1 Å². The van der Waals surface area contributed by atoms with Crippen molar-refractivity contribution in [2.75, 3.05) is 11.1 Å². The molecule has 106 valence electrons. The zero-order valence-corrected chi connectivity index (χ0v) is 11.5. The maximum Gasteiger partial charge on any atom is 0.144 e. The third-order valence-electron chi connectivity index (χ3n) is 3.30. The molecule has 3 rings (SSSR count). The summed E-state index contributed by atoms with van der Waals surface area (Å²) in [6, 6.07) is 1.72. The van der Waals surface area contributed by atoms with E-state index in [1.807, 2.05) is 6.20 Å². The SMILES string of the molecule is CCc1c[nH]c2ncnc(Nc3cc(C=N)c(N)cn3)c12. The summed E-state index contributed by atoms with van der Waals surface area (Å²) in [7, 11) is 0. The summed E-state index contributed by atoms with van der Waals surface area (Å²) in [5, 5.41) is 11.5. The molecule has 0 aliphatic carbocycles. The van der Waals surface area contributed by atoms with Crippen LogP contribution in [0.4, 0.5) is 17.3 Å². The van der Waals surface area contributed by atoms with Crippen LogP contribution in [0.2, 0.25) is 0 Å². The number of H-pyrrole nitrogens is 1. The van der Waals surface area contributed by atoms with Gasteiger partial charge in [-0.2, -0.15) is 0 Å². The van der Waals surface area contributed by atoms with E-state index >= 15 is 0 Å². The molecule has 0 aliphatic heterocycles. The monoisotopic (exact) mass is 281 g/mol. The number of nitrogens with two attached hydrogens (primary N) is 1. The fraction of sp³-hybridized carbons (Fsp3) is 0.143. The van der Waals surface area contributed by atoms with Crippen molar-refractivity contribution in [3.63, 3.8) is 0 Å². The highest BCUT2D eigenvalue weighted by Gasteiger charge is 2.11. The number of aromatic amines is 1. The highest BCUT2D eigenvalue weighted by molar-refractivity contribution is 5.92. The normalized spacial score (nSPS) is 10.7. The second kappa shape index (κ2) is 5.20. The number of aromatic nitrogens is 4. The van der Waals surface area contributed by atoms with Crippen LogP contribution in [0.3, 0.4) is 0 Å². The molecule has 0 aliphatic rings. The van der Waals surface area contributed by atoms with Crippen molar-refractivity contribution in [1.29, 1.82) is 5.41 Å². The number of hydrogen-bond acceptors (Lipinski definition) is 6. The number of fused-ring (bicyclic) bond motifs is 1. The third-order valence-corrected chi connectivity index (χ3v) is 3.30. The Labute approximate surface area is 121 Å². The molecule has 5 N–H and O–H groups in total. The van der Waals surface area contributed by atoms with E-state index in [2.05, 4.69) is 32.2 Å². The number of hydrogen-bond donors (Lipinski definition) is 4. The zero-order chi connectivity index (χ0) is 14.8. The smallest absolute Gasteiger partial charge is 0.144 e. The quantitative estimate of drug-likeness (QED) is 0.547. The van der Waals surface area contributed by atoms with Crippen LogP contribution in [-0.4, -0.2) is 26.2 Å². The molecule has 0 aromatic carbocycles. The van der Waals surface area contributed by atoms with Crippen LogP contribution < -0.4 is 11.1 Å². The Balaban J connectivity index is 2.05. The van der Waals surface area contributed by atoms with E-state index in [-0.39, 0.29) is 0 Å². The Morgan fingerprint density at radius 2 is 2.24 bits per heavy atom. The number of nitrogens with one attached hydrogen (secondary N) is 3. The van der Waals surface area contributed by atoms with Crippen LogP contribution in [0.1, 0.15) is 18.1 Å². The zero-order valence-electron chi connectivity index (χ0n) is 11.5. The van der Waals surface area contributed by atoms with Gasteiger partial charge >= 0.3 is 0 Å². The topological polar surface area (TPSA) is 116 Å². The molecule has 0 bridgehead atoms. The Hall–Kier alpha value is -2.96. The molecular formula is C14H15N7. The van der Waals surface area contributed by atoms with Gasteiger partial charge in [-0.15, -0.1) is 0 Å². The van der Waals surface area contributed by atoms with Crippen molar-refractivity contribution < 1.29 is 0 Å². The number of nitrogen functional groups attached to an aromatic ring is 1. The summed E-state index contributed by atoms with van der Waals surface area (Å²) in [6.07, 6.45) is 7.03. The Morgan fingerprint density at radius 1 is 1.38 bits per heavy atom. The summed E-state index contributed by atoms with van der Waals surface area (Å²) < 4.78 is 0. The minimum atomic E-state index is 0.472. The molecule has 21 heavy (non-hydrogen) atoms. The maximum absolute atomic E-state index is 7.34. The number of pyridine rings is 1. The van der Waals surface area contributed by atoms with E-state index in [1.165, 1.54) is 18.7 Å². The first kappa shape index (κ1) is 13.0. The number of aryl methyl sites for hydroxylation is 1. The highest BCUT2D eigenvalue weighted by Crippen LogP contribution is 2.26. The Kier molecular flexibility index (Phi) is 3.23. The Bertz CT molecular complexity index is 806. The van der Waals surface area contributed by atoms with Crippen LogP contribution in [-0.2, 0) is 6.42 Å². The molecule has 0 fully saturated rings. The third kappa shape index (κ3) is 2.29. The van der Waals surface area contributed by atoms with Crippen LogP contribution >= 0.6 is 0 Å². The van der Waals surface area contributed by atoms with Crippen molar-refractivity contribution in [2.24, 2.45) is 0 Å². The molecule has 0 spiro atoms. The Morgan fingerprint density at radius 3 is 3.00 bits per heavy atom. The predicted octanol–water partition coefficient (Wildman–Crippen LogP) is 2.24. The van der Waals surface area contributed by atoms with Gasteiger partial charge in [-0.05, 0) is 18.1 Å². The van der Waals surface area contributed by atoms with Crippen molar-refractivity contribution >= 4 is 34.6 Å². The van der Waals surface area contributed by atoms with E-state index in [0.29, 0.717) is 22.9 Å². The molecule has 0 amide bonds. The first-order valence-corrected chi connectivity index (χ1v) is 6.57. The minimum Gasteiger partial charge on any atom is -0.397 e. The van der Waals surface area contributed by atoms with E-state index in [1.54, 1.807) is 6.07 Å². The van der Waals surface area contributed by atoms with Crippen molar-refractivity contribution in [1.82, 2.24) is 19.9 Å². The van der Waals surface area contributed by atoms with Crippen molar-refractivity contribution in [3.8, 4) is 0 Å². The first-order chi connectivity index (χ1) is 10.2. The van der Waals surface area contributed by atoms with E-state index in [0.717, 1.165) is 23.0 Å². The van der Waals surface area contributed by atoms with Gasteiger partial charge in [0, 0.05) is 18.0 Å². The van der Waals surface area contributed by atoms with Crippen LogP contribution in [0, 0.1) is 5.41 Å². The van der Waals surface area contributed by atoms with Gasteiger partial charge in [0.05, 0.1) is 17.3 Å². The molecule has 0 atom stereocenters. The standard InChI is InChI=1S/C14H15N7/c1-2-8-5-18-13-12(8)14(20-7-19-13)21-11-3-9(4-15)10(16)6-17-11/h3-7,15H,2,16H2,1H3,(H2,17,18,19,20,21). The highest BCUT2D eigenvalue weighted by atomic mass is 15.1. The van der Waals surface area contributed by atoms with Crippen LogP contribution in [0.25, 0.3) is 11.0 Å². The summed E-state index contributed by atoms with van der Waals surface area (Å²) in [4.78, 5) is 15.9. The molecule has 0 unspecified atom stereocenters. The summed E-state index contributed by atoms with van der Waals surface area (Å²) in [6.45, 7) is 2.08. The van der Waals surface area contributed by atoms with Gasteiger partial charge in [0.15, 0.2) is 0 Å². The molecule has 3 aromatic rings. The largest absolute Gasteiger partial charge is 0.397 e. The van der Waals surface area contributed by atoms with Crippen molar-refractivity contribution in [2.45, 2.75) is 13.3 Å². The number of rotatable bonds is 4. The fourth-order valence-corrected chi connectivity index (χ4v) is 2.20. The maximum atomic E-state index is 7.34. The van der Waals surface area contributed by atoms with Gasteiger partial charge in [0.1, 0.15) is 23.6 Å². The van der Waals surface area contributed by atoms with Gasteiger partial charge in [-0.3, -0.25) is 0 Å². The van der Waals surface area contributed by atoms with Crippen molar-refractivity contribution in [3.05, 3.63) is 35.9 Å². The molecule has 7 heteroatoms. The summed E-state index contributed by atoms with van der Waals surface area (Å²) in [5.74, 6) is 1.28. The van der Waals surface area contributed by atoms with Gasteiger partial charge in [0.2, 0.25) is 0 Å². The molecule has 7 nitrogen and oxygen atoms in total. The number of nitrogens with zero attached hydrogens (tertiary/aromatic N) is 3. The van der Waals surface area contributed by atoms with Gasteiger partial charge in [0.25, 0.3) is 0 Å². The average molecular weight is 281 g/mol. The first-order valence-electron chi connectivity index (χ1n) is 6.57. The van der Waals surface area contributed by atoms with Gasteiger partial charge in [-0.25, -0.2) is 15.0 Å². The van der Waals surface area contributed by atoms with E-state index in [9.17, 15) is 0 Å². The van der Waals surface area contributed by atoms with Gasteiger partial charge < -0.3 is 21.4 Å². The molecule has 0 saturated heterocycles. The fourth-order valence-electron chi connectivity index (χ4n) is 2.20. The minimum absolute atomic E-state index is 0.472. The molecular weight excluding hydrogens is 266 g/mol. The lowest BCUT2D eigenvalue weighted by Gasteiger charge is -2.08. The molecule has 0 saturated carbocycles. The van der Waals surface area contributed by atoms with Gasteiger partial charge in [-0.1, -0.05) is 6.92 Å². The lowest BCUT2D eigenvalue weighted by atomic mass is 10.2. The second-order valence-corrected chi connectivity index (χ2v) is 4.58. The second-order valence-electron chi connectivity index (χ2n) is 4.58. The summed E-state index contributed by atoms with van der Waals surface area (Å²) in [5.41, 5.74) is 8.75. The molecule has 0 radical (unpaired) electrons. The molecule has 3 aromatic heterocycles. The van der Waals surface area contributed by atoms with Crippen LogP contribution in [0.5, 0.6) is 0 Å². The van der Waals surface area contributed by atoms with E-state index < -0.39 is 0 Å². The summed E-state index contributed by atoms with van der Waals surface area (Å²) >= 11 is 0. The van der Waals surface area contributed by atoms with Crippen LogP contribution in [0.15, 0.2) is 24.8 Å².